The van der Waals surface area contributed by atoms with Crippen LogP contribution in [-0.4, -0.2) is 17.3 Å². The molecule has 0 atom stereocenters. The van der Waals surface area contributed by atoms with E-state index in [1.165, 1.54) is 0 Å². The number of carboxylic acids is 1. The summed E-state index contributed by atoms with van der Waals surface area (Å²) in [4.78, 5) is 17.4. The first-order chi connectivity index (χ1) is 12.1. The number of carboxylic acid groups (broad SMARTS) is 1. The highest BCUT2D eigenvalue weighted by molar-refractivity contribution is 7.99. The molecule has 0 radical (unpaired) electrons. The number of aromatic carboxylic acids is 1. The molecular formula is C20H14ClNO2S. The zero-order valence-corrected chi connectivity index (χ0v) is 14.7. The Balaban J connectivity index is 1.65. The lowest BCUT2D eigenvalue weighted by molar-refractivity contribution is 0.0697. The van der Waals surface area contributed by atoms with Gasteiger partial charge in [0.2, 0.25) is 0 Å². The van der Waals surface area contributed by atoms with Crippen molar-refractivity contribution in [2.45, 2.75) is 9.79 Å². The van der Waals surface area contributed by atoms with Gasteiger partial charge in [-0.1, -0.05) is 35.5 Å². The zero-order valence-electron chi connectivity index (χ0n) is 13.1. The molecule has 3 aromatic rings. The molecule has 0 aromatic heterocycles. The molecule has 0 saturated heterocycles. The van der Waals surface area contributed by atoms with Gasteiger partial charge in [0.25, 0.3) is 0 Å². The smallest absolute Gasteiger partial charge is 0.335 e. The number of hydrogen-bond acceptors (Lipinski definition) is 3. The van der Waals surface area contributed by atoms with Crippen molar-refractivity contribution in [3.05, 3.63) is 88.9 Å². The fourth-order valence-electron chi connectivity index (χ4n) is 2.10. The van der Waals surface area contributed by atoms with Crippen LogP contribution in [0.15, 0.2) is 87.6 Å². The van der Waals surface area contributed by atoms with Crippen molar-refractivity contribution >= 4 is 41.2 Å². The van der Waals surface area contributed by atoms with Gasteiger partial charge in [0.15, 0.2) is 0 Å². The molecule has 0 saturated carbocycles. The molecule has 0 spiro atoms. The van der Waals surface area contributed by atoms with E-state index in [4.69, 9.17) is 16.7 Å². The van der Waals surface area contributed by atoms with E-state index < -0.39 is 5.97 Å². The Hall–Kier alpha value is -2.56. The maximum atomic E-state index is 10.8. The number of halogens is 1. The highest BCUT2D eigenvalue weighted by atomic mass is 35.5. The van der Waals surface area contributed by atoms with E-state index >= 15 is 0 Å². The number of carbonyl (C=O) groups is 1. The summed E-state index contributed by atoms with van der Waals surface area (Å²) in [5.41, 5.74) is 1.94. The summed E-state index contributed by atoms with van der Waals surface area (Å²) in [7, 11) is 0. The summed E-state index contributed by atoms with van der Waals surface area (Å²) >= 11 is 7.56. The van der Waals surface area contributed by atoms with Crippen LogP contribution in [0.1, 0.15) is 15.9 Å². The van der Waals surface area contributed by atoms with Gasteiger partial charge in [0, 0.05) is 21.0 Å². The van der Waals surface area contributed by atoms with E-state index in [0.717, 1.165) is 20.4 Å². The van der Waals surface area contributed by atoms with Crippen LogP contribution in [0.25, 0.3) is 0 Å². The minimum Gasteiger partial charge on any atom is -0.478 e. The summed E-state index contributed by atoms with van der Waals surface area (Å²) in [6.07, 6.45) is 1.76. The van der Waals surface area contributed by atoms with Gasteiger partial charge in [-0.15, -0.1) is 0 Å². The molecule has 0 unspecified atom stereocenters. The van der Waals surface area contributed by atoms with E-state index in [-0.39, 0.29) is 5.56 Å². The number of rotatable bonds is 5. The van der Waals surface area contributed by atoms with Crippen molar-refractivity contribution in [1.82, 2.24) is 0 Å². The van der Waals surface area contributed by atoms with E-state index in [0.29, 0.717) is 5.69 Å². The zero-order chi connectivity index (χ0) is 17.6. The molecule has 3 rings (SSSR count). The Bertz CT molecular complexity index is 888. The topological polar surface area (TPSA) is 49.7 Å². The van der Waals surface area contributed by atoms with Gasteiger partial charge in [-0.05, 0) is 66.2 Å². The lowest BCUT2D eigenvalue weighted by Gasteiger charge is -2.02. The molecule has 124 valence electrons. The second-order valence-electron chi connectivity index (χ2n) is 5.24. The predicted molar refractivity (Wildman–Crippen MR) is 103 cm³/mol. The average Bonchev–Trinajstić information content (AvgIpc) is 2.63. The van der Waals surface area contributed by atoms with Crippen LogP contribution in [-0.2, 0) is 0 Å². The standard InChI is InChI=1S/C20H14ClNO2S/c21-16-5-11-19(12-6-16)25-18-9-1-14(2-10-18)13-22-17-7-3-15(4-8-17)20(23)24/h1-13H,(H,23,24). The van der Waals surface area contributed by atoms with Gasteiger partial charge in [-0.3, -0.25) is 4.99 Å². The van der Waals surface area contributed by atoms with Gasteiger partial charge in [-0.2, -0.15) is 0 Å². The lowest BCUT2D eigenvalue weighted by Crippen LogP contribution is -1.94. The van der Waals surface area contributed by atoms with Crippen molar-refractivity contribution in [1.29, 1.82) is 0 Å². The van der Waals surface area contributed by atoms with E-state index in [1.54, 1.807) is 42.2 Å². The van der Waals surface area contributed by atoms with E-state index in [1.807, 2.05) is 48.5 Å². The van der Waals surface area contributed by atoms with Crippen LogP contribution in [0.4, 0.5) is 5.69 Å². The van der Waals surface area contributed by atoms with Crippen molar-refractivity contribution in [2.24, 2.45) is 4.99 Å². The third-order valence-corrected chi connectivity index (χ3v) is 4.67. The largest absolute Gasteiger partial charge is 0.478 e. The number of benzene rings is 3. The number of aliphatic imine (C=N–C) groups is 1. The molecule has 3 nitrogen and oxygen atoms in total. The predicted octanol–water partition coefficient (Wildman–Crippen LogP) is 5.94. The third kappa shape index (κ3) is 4.95. The second-order valence-corrected chi connectivity index (χ2v) is 6.82. The summed E-state index contributed by atoms with van der Waals surface area (Å²) in [6, 6.07) is 22.2. The first kappa shape index (κ1) is 17.3. The number of nitrogens with zero attached hydrogens (tertiary/aromatic N) is 1. The fraction of sp³-hybridized carbons (Fsp3) is 0. The summed E-state index contributed by atoms with van der Waals surface area (Å²) in [5, 5.41) is 9.61. The van der Waals surface area contributed by atoms with Crippen LogP contribution in [0, 0.1) is 0 Å². The Morgan fingerprint density at radius 2 is 1.44 bits per heavy atom. The molecule has 3 aromatic carbocycles. The molecular weight excluding hydrogens is 354 g/mol. The Morgan fingerprint density at radius 3 is 2.00 bits per heavy atom. The highest BCUT2D eigenvalue weighted by Gasteiger charge is 2.01. The van der Waals surface area contributed by atoms with Gasteiger partial charge in [0.1, 0.15) is 0 Å². The summed E-state index contributed by atoms with van der Waals surface area (Å²) in [6.45, 7) is 0. The van der Waals surface area contributed by atoms with Crippen LogP contribution in [0.5, 0.6) is 0 Å². The monoisotopic (exact) mass is 367 g/mol. The van der Waals surface area contributed by atoms with Crippen LogP contribution in [0.2, 0.25) is 5.02 Å². The maximum absolute atomic E-state index is 10.8. The van der Waals surface area contributed by atoms with Gasteiger partial charge >= 0.3 is 5.97 Å². The van der Waals surface area contributed by atoms with Crippen molar-refractivity contribution < 1.29 is 9.90 Å². The minimum atomic E-state index is -0.940. The summed E-state index contributed by atoms with van der Waals surface area (Å²) in [5.74, 6) is -0.940. The maximum Gasteiger partial charge on any atom is 0.335 e. The van der Waals surface area contributed by atoms with Crippen molar-refractivity contribution in [3.63, 3.8) is 0 Å². The van der Waals surface area contributed by atoms with E-state index in [9.17, 15) is 4.79 Å². The average molecular weight is 368 g/mol. The molecule has 0 heterocycles. The van der Waals surface area contributed by atoms with E-state index in [2.05, 4.69) is 4.99 Å². The molecule has 0 aliphatic heterocycles. The first-order valence-corrected chi connectivity index (χ1v) is 8.70. The molecule has 5 heteroatoms. The third-order valence-electron chi connectivity index (χ3n) is 3.41. The molecule has 0 aliphatic rings. The molecule has 25 heavy (non-hydrogen) atoms. The molecule has 1 N–H and O–H groups in total. The van der Waals surface area contributed by atoms with Crippen LogP contribution < -0.4 is 0 Å². The van der Waals surface area contributed by atoms with Crippen molar-refractivity contribution in [2.75, 3.05) is 0 Å². The highest BCUT2D eigenvalue weighted by Crippen LogP contribution is 2.28. The van der Waals surface area contributed by atoms with Crippen LogP contribution >= 0.6 is 23.4 Å². The lowest BCUT2D eigenvalue weighted by atomic mass is 10.2. The fourth-order valence-corrected chi connectivity index (χ4v) is 3.04. The minimum absolute atomic E-state index is 0.252. The van der Waals surface area contributed by atoms with Crippen LogP contribution in [0.3, 0.4) is 0 Å². The number of hydrogen-bond donors (Lipinski definition) is 1. The van der Waals surface area contributed by atoms with Crippen molar-refractivity contribution in [3.8, 4) is 0 Å². The Morgan fingerprint density at radius 1 is 0.880 bits per heavy atom. The van der Waals surface area contributed by atoms with Gasteiger partial charge in [-0.25, -0.2) is 4.79 Å². The normalized spacial score (nSPS) is 10.9. The first-order valence-electron chi connectivity index (χ1n) is 7.51. The molecule has 0 amide bonds. The second kappa shape index (κ2) is 8.01. The van der Waals surface area contributed by atoms with Gasteiger partial charge in [0.05, 0.1) is 11.3 Å². The SMILES string of the molecule is O=C(O)c1ccc(N=Cc2ccc(Sc3ccc(Cl)cc3)cc2)cc1. The molecule has 0 aliphatic carbocycles. The Kier molecular flexibility index (Phi) is 5.53. The summed E-state index contributed by atoms with van der Waals surface area (Å²) < 4.78 is 0. The molecule has 0 fully saturated rings. The quantitative estimate of drug-likeness (QED) is 0.567. The molecule has 0 bridgehead atoms. The van der Waals surface area contributed by atoms with Gasteiger partial charge < -0.3 is 5.11 Å². The Labute approximate surface area is 155 Å².